The molecule has 0 aromatic heterocycles. The summed E-state index contributed by atoms with van der Waals surface area (Å²) in [5.41, 5.74) is 1.99. The van der Waals surface area contributed by atoms with E-state index in [4.69, 9.17) is 4.74 Å². The van der Waals surface area contributed by atoms with Gasteiger partial charge in [0.15, 0.2) is 0 Å². The molecule has 5 heteroatoms. The van der Waals surface area contributed by atoms with Crippen LogP contribution in [0, 0.1) is 0 Å². The van der Waals surface area contributed by atoms with Gasteiger partial charge in [0.05, 0.1) is 19.8 Å². The minimum absolute atomic E-state index is 0.240. The molecule has 0 atom stereocenters. The molecule has 22 heavy (non-hydrogen) atoms. The summed E-state index contributed by atoms with van der Waals surface area (Å²) in [7, 11) is 0. The summed E-state index contributed by atoms with van der Waals surface area (Å²) >= 11 is 0. The molecule has 1 aromatic carbocycles. The molecule has 1 aromatic rings. The minimum Gasteiger partial charge on any atom is -0.491 e. The van der Waals surface area contributed by atoms with E-state index in [-0.39, 0.29) is 12.5 Å². The van der Waals surface area contributed by atoms with Gasteiger partial charge in [0.25, 0.3) is 0 Å². The third-order valence-corrected chi connectivity index (χ3v) is 4.20. The number of amides is 1. The Morgan fingerprint density at radius 1 is 1.45 bits per heavy atom. The van der Waals surface area contributed by atoms with Crippen molar-refractivity contribution < 1.29 is 19.0 Å². The summed E-state index contributed by atoms with van der Waals surface area (Å²) in [4.78, 5) is 12.7. The topological polar surface area (TPSA) is 49.8 Å². The van der Waals surface area contributed by atoms with E-state index in [1.165, 1.54) is 4.90 Å². The van der Waals surface area contributed by atoms with Crippen LogP contribution in [0.4, 0.5) is 9.18 Å². The lowest BCUT2D eigenvalue weighted by atomic mass is 9.80. The molecule has 0 fully saturated rings. The van der Waals surface area contributed by atoms with Crippen LogP contribution in [0.5, 0.6) is 5.75 Å². The van der Waals surface area contributed by atoms with E-state index in [0.717, 1.165) is 22.4 Å². The number of carbonyl (C=O) groups is 1. The Morgan fingerprint density at radius 3 is 2.68 bits per heavy atom. The van der Waals surface area contributed by atoms with Gasteiger partial charge in [0, 0.05) is 11.0 Å². The van der Waals surface area contributed by atoms with Crippen LogP contribution in [0.15, 0.2) is 12.1 Å². The van der Waals surface area contributed by atoms with Crippen molar-refractivity contribution in [2.75, 3.05) is 19.8 Å². The van der Waals surface area contributed by atoms with Crippen molar-refractivity contribution in [3.63, 3.8) is 0 Å². The molecule has 122 valence electrons. The molecule has 4 nitrogen and oxygen atoms in total. The number of alkyl halides is 1. The Balaban J connectivity index is 2.62. The van der Waals surface area contributed by atoms with Gasteiger partial charge in [-0.05, 0) is 17.0 Å². The molecular weight excluding hydrogens is 285 g/mol. The van der Waals surface area contributed by atoms with E-state index in [0.29, 0.717) is 13.2 Å². The fourth-order valence-electron chi connectivity index (χ4n) is 2.83. The zero-order chi connectivity index (χ0) is 16.5. The van der Waals surface area contributed by atoms with Crippen LogP contribution in [0.3, 0.4) is 0 Å². The molecule has 0 saturated heterocycles. The smallest absolute Gasteiger partial charge is 0.407 e. The quantitative estimate of drug-likeness (QED) is 0.920. The highest BCUT2D eigenvalue weighted by Crippen LogP contribution is 2.39. The number of hydrogen-bond acceptors (Lipinski definition) is 2. The average molecular weight is 309 g/mol. The lowest BCUT2D eigenvalue weighted by Gasteiger charge is -2.28. The number of hydrogen-bond donors (Lipinski definition) is 1. The van der Waals surface area contributed by atoms with Crippen LogP contribution in [0.2, 0.25) is 0 Å². The van der Waals surface area contributed by atoms with Crippen LogP contribution >= 0.6 is 0 Å². The molecule has 0 radical (unpaired) electrons. The molecule has 1 aliphatic heterocycles. The highest BCUT2D eigenvalue weighted by atomic mass is 19.1. The summed E-state index contributed by atoms with van der Waals surface area (Å²) in [6, 6.07) is 3.90. The van der Waals surface area contributed by atoms with Crippen molar-refractivity contribution in [1.29, 1.82) is 0 Å². The van der Waals surface area contributed by atoms with Gasteiger partial charge in [0.2, 0.25) is 0 Å². The number of halogens is 1. The summed E-state index contributed by atoms with van der Waals surface area (Å²) in [5.74, 6) is 0.991. The Kier molecular flexibility index (Phi) is 4.63. The molecule has 0 unspecified atom stereocenters. The fraction of sp³-hybridized carbons (Fsp3) is 0.588. The number of rotatable bonds is 3. The van der Waals surface area contributed by atoms with Crippen LogP contribution < -0.4 is 4.74 Å². The van der Waals surface area contributed by atoms with Crippen LogP contribution in [0.1, 0.15) is 50.3 Å². The van der Waals surface area contributed by atoms with Crippen molar-refractivity contribution >= 4 is 6.09 Å². The summed E-state index contributed by atoms with van der Waals surface area (Å²) in [6.07, 6.45) is -0.976. The number of nitrogens with zero attached hydrogens (tertiary/aromatic N) is 1. The molecule has 1 N–H and O–H groups in total. The Morgan fingerprint density at radius 2 is 2.14 bits per heavy atom. The van der Waals surface area contributed by atoms with Crippen LogP contribution in [-0.4, -0.2) is 35.9 Å². The summed E-state index contributed by atoms with van der Waals surface area (Å²) in [6.45, 7) is 8.16. The average Bonchev–Trinajstić information content (AvgIpc) is 2.68. The van der Waals surface area contributed by atoms with Gasteiger partial charge in [-0.2, -0.15) is 0 Å². The van der Waals surface area contributed by atoms with Crippen molar-refractivity contribution in [3.8, 4) is 5.75 Å². The van der Waals surface area contributed by atoms with Gasteiger partial charge >= 0.3 is 6.09 Å². The molecule has 1 amide bonds. The SMILES string of the molecule is CC(C)c1ccc(C(C)(C)CF)c2c1OCCN(C(=O)O)C2. The van der Waals surface area contributed by atoms with E-state index in [1.54, 1.807) is 0 Å². The Bertz CT molecular complexity index is 569. The maximum absolute atomic E-state index is 13.5. The molecule has 0 bridgehead atoms. The predicted molar refractivity (Wildman–Crippen MR) is 83.5 cm³/mol. The van der Waals surface area contributed by atoms with Gasteiger partial charge in [-0.15, -0.1) is 0 Å². The fourth-order valence-corrected chi connectivity index (χ4v) is 2.83. The number of benzene rings is 1. The van der Waals surface area contributed by atoms with Crippen molar-refractivity contribution in [2.24, 2.45) is 0 Å². The van der Waals surface area contributed by atoms with Crippen LogP contribution in [0.25, 0.3) is 0 Å². The summed E-state index contributed by atoms with van der Waals surface area (Å²) < 4.78 is 19.3. The monoisotopic (exact) mass is 309 g/mol. The second kappa shape index (κ2) is 6.15. The van der Waals surface area contributed by atoms with Gasteiger partial charge in [-0.1, -0.05) is 39.8 Å². The van der Waals surface area contributed by atoms with Crippen molar-refractivity contribution in [1.82, 2.24) is 4.90 Å². The largest absolute Gasteiger partial charge is 0.491 e. The molecular formula is C17H24FNO3. The standard InChI is InChI=1S/C17H24FNO3/c1-11(2)12-5-6-14(17(3,4)10-18)13-9-19(16(20)21)7-8-22-15(12)13/h5-6,11H,7-10H2,1-4H3,(H,20,21). The number of fused-ring (bicyclic) bond motifs is 1. The Labute approximate surface area is 130 Å². The third kappa shape index (κ3) is 3.03. The van der Waals surface area contributed by atoms with Crippen LogP contribution in [-0.2, 0) is 12.0 Å². The van der Waals surface area contributed by atoms with E-state index in [1.807, 2.05) is 26.0 Å². The second-order valence-corrected chi connectivity index (χ2v) is 6.73. The number of ether oxygens (including phenoxy) is 1. The molecule has 1 aliphatic rings. The lowest BCUT2D eigenvalue weighted by molar-refractivity contribution is 0.137. The zero-order valence-corrected chi connectivity index (χ0v) is 13.6. The molecule has 0 aliphatic carbocycles. The predicted octanol–water partition coefficient (Wildman–Crippen LogP) is 3.93. The first-order chi connectivity index (χ1) is 10.3. The lowest BCUT2D eigenvalue weighted by Crippen LogP contribution is -2.32. The van der Waals surface area contributed by atoms with E-state index >= 15 is 0 Å². The van der Waals surface area contributed by atoms with Crippen molar-refractivity contribution in [3.05, 3.63) is 28.8 Å². The van der Waals surface area contributed by atoms with Gasteiger partial charge in [0.1, 0.15) is 12.4 Å². The Hall–Kier alpha value is -1.78. The highest BCUT2D eigenvalue weighted by molar-refractivity contribution is 5.66. The second-order valence-electron chi connectivity index (χ2n) is 6.73. The van der Waals surface area contributed by atoms with Gasteiger partial charge in [-0.25, -0.2) is 4.79 Å². The molecule has 1 heterocycles. The molecule has 2 rings (SSSR count). The maximum Gasteiger partial charge on any atom is 0.407 e. The first-order valence-electron chi connectivity index (χ1n) is 7.61. The van der Waals surface area contributed by atoms with Gasteiger partial charge < -0.3 is 14.7 Å². The van der Waals surface area contributed by atoms with Gasteiger partial charge in [-0.3, -0.25) is 4.39 Å². The van der Waals surface area contributed by atoms with Crippen molar-refractivity contribution in [2.45, 2.75) is 45.6 Å². The maximum atomic E-state index is 13.5. The van der Waals surface area contributed by atoms with E-state index in [2.05, 4.69) is 13.8 Å². The van der Waals surface area contributed by atoms with E-state index < -0.39 is 18.2 Å². The highest BCUT2D eigenvalue weighted by Gasteiger charge is 2.31. The molecule has 0 saturated carbocycles. The third-order valence-electron chi connectivity index (χ3n) is 4.20. The van der Waals surface area contributed by atoms with E-state index in [9.17, 15) is 14.3 Å². The summed E-state index contributed by atoms with van der Waals surface area (Å²) in [5, 5.41) is 9.31. The first kappa shape index (κ1) is 16.6. The first-order valence-corrected chi connectivity index (χ1v) is 7.61. The zero-order valence-electron chi connectivity index (χ0n) is 13.6. The number of carboxylic acid groups (broad SMARTS) is 1. The molecule has 0 spiro atoms. The normalized spacial score (nSPS) is 15.3. The minimum atomic E-state index is -0.976.